The fourth-order valence-electron chi connectivity index (χ4n) is 3.19. The van der Waals surface area contributed by atoms with Crippen LogP contribution in [0.3, 0.4) is 0 Å². The molecule has 27 heavy (non-hydrogen) atoms. The Labute approximate surface area is 154 Å². The first-order chi connectivity index (χ1) is 12.9. The van der Waals surface area contributed by atoms with Crippen LogP contribution in [0, 0.1) is 0 Å². The number of hydrogen-bond donors (Lipinski definition) is 1. The first kappa shape index (κ1) is 17.4. The van der Waals surface area contributed by atoms with Crippen LogP contribution in [0.25, 0.3) is 11.0 Å². The van der Waals surface area contributed by atoms with E-state index in [1.165, 1.54) is 21.8 Å². The molecule has 1 atom stereocenters. The highest BCUT2D eigenvalue weighted by molar-refractivity contribution is 7.91. The first-order valence-corrected chi connectivity index (χ1v) is 10.2. The van der Waals surface area contributed by atoms with Gasteiger partial charge in [-0.2, -0.15) is 5.10 Å². The van der Waals surface area contributed by atoms with Gasteiger partial charge in [-0.15, -0.1) is 0 Å². The van der Waals surface area contributed by atoms with Gasteiger partial charge in [0.25, 0.3) is 5.56 Å². The molecule has 0 spiro atoms. The lowest BCUT2D eigenvalue weighted by Crippen LogP contribution is -2.28. The number of sulfone groups is 1. The molecule has 2 aromatic heterocycles. The molecule has 0 radical (unpaired) electrons. The van der Waals surface area contributed by atoms with Gasteiger partial charge in [0, 0.05) is 5.69 Å². The second kappa shape index (κ2) is 6.62. The van der Waals surface area contributed by atoms with E-state index >= 15 is 0 Å². The Balaban J connectivity index is 1.58. The van der Waals surface area contributed by atoms with Crippen molar-refractivity contribution >= 4 is 32.5 Å². The number of amides is 1. The van der Waals surface area contributed by atoms with Crippen LogP contribution >= 0.6 is 0 Å². The molecule has 1 aliphatic heterocycles. The molecular formula is C17H17N5O4S. The van der Waals surface area contributed by atoms with Gasteiger partial charge in [0.15, 0.2) is 15.5 Å². The standard InChI is InChI=1S/C17H17N5O4S/c23-15(20-12-4-2-1-3-5-12)9-21-11-18-16-14(17(21)24)8-19-22(16)13-6-7-27(25,26)10-13/h1-5,8,11,13H,6-7,9-10H2,(H,20,23). The zero-order chi connectivity index (χ0) is 19.0. The lowest BCUT2D eigenvalue weighted by molar-refractivity contribution is -0.116. The smallest absolute Gasteiger partial charge is 0.264 e. The predicted octanol–water partition coefficient (Wildman–Crippen LogP) is 0.591. The molecule has 3 aromatic rings. The summed E-state index contributed by atoms with van der Waals surface area (Å²) in [6.07, 6.45) is 3.11. The third-order valence-electron chi connectivity index (χ3n) is 4.51. The lowest BCUT2D eigenvalue weighted by atomic mass is 10.3. The van der Waals surface area contributed by atoms with E-state index in [1.54, 1.807) is 24.3 Å². The Morgan fingerprint density at radius 3 is 2.74 bits per heavy atom. The monoisotopic (exact) mass is 387 g/mol. The highest BCUT2D eigenvalue weighted by Gasteiger charge is 2.31. The SMILES string of the molecule is O=C(Cn1cnc2c(cnn2C2CCS(=O)(=O)C2)c1=O)Nc1ccccc1. The molecule has 140 valence electrons. The lowest BCUT2D eigenvalue weighted by Gasteiger charge is -2.10. The fourth-order valence-corrected chi connectivity index (χ4v) is 4.88. The molecule has 1 saturated heterocycles. The summed E-state index contributed by atoms with van der Waals surface area (Å²) in [5.41, 5.74) is 0.581. The maximum Gasteiger partial charge on any atom is 0.264 e. The van der Waals surface area contributed by atoms with Gasteiger partial charge in [0.1, 0.15) is 18.3 Å². The molecule has 0 aliphatic carbocycles. The summed E-state index contributed by atoms with van der Waals surface area (Å²) >= 11 is 0. The molecule has 3 heterocycles. The van der Waals surface area contributed by atoms with Crippen molar-refractivity contribution in [3.63, 3.8) is 0 Å². The summed E-state index contributed by atoms with van der Waals surface area (Å²) in [6, 6.07) is 8.62. The van der Waals surface area contributed by atoms with Crippen molar-refractivity contribution in [3.8, 4) is 0 Å². The van der Waals surface area contributed by atoms with Crippen LogP contribution in [0.2, 0.25) is 0 Å². The number of anilines is 1. The van der Waals surface area contributed by atoms with Crippen LogP contribution in [0.5, 0.6) is 0 Å². The molecular weight excluding hydrogens is 370 g/mol. The Morgan fingerprint density at radius 2 is 2.04 bits per heavy atom. The quantitative estimate of drug-likeness (QED) is 0.700. The molecule has 1 aliphatic rings. The Morgan fingerprint density at radius 1 is 1.26 bits per heavy atom. The van der Waals surface area contributed by atoms with Gasteiger partial charge in [0.05, 0.1) is 23.7 Å². The molecule has 1 N–H and O–H groups in total. The van der Waals surface area contributed by atoms with Gasteiger partial charge in [0.2, 0.25) is 5.91 Å². The second-order valence-electron chi connectivity index (χ2n) is 6.48. The zero-order valence-electron chi connectivity index (χ0n) is 14.3. The Hall–Kier alpha value is -3.01. The van der Waals surface area contributed by atoms with Gasteiger partial charge < -0.3 is 5.32 Å². The van der Waals surface area contributed by atoms with E-state index in [9.17, 15) is 18.0 Å². The van der Waals surface area contributed by atoms with Crippen molar-refractivity contribution in [1.29, 1.82) is 0 Å². The number of para-hydroxylation sites is 1. The molecule has 4 rings (SSSR count). The summed E-state index contributed by atoms with van der Waals surface area (Å²) in [7, 11) is -3.08. The summed E-state index contributed by atoms with van der Waals surface area (Å²) in [5.74, 6) is -0.247. The van der Waals surface area contributed by atoms with E-state index in [2.05, 4.69) is 15.4 Å². The summed E-state index contributed by atoms with van der Waals surface area (Å²) < 4.78 is 26.1. The van der Waals surface area contributed by atoms with Crippen molar-refractivity contribution in [2.24, 2.45) is 0 Å². The maximum atomic E-state index is 12.6. The number of rotatable bonds is 4. The number of hydrogen-bond acceptors (Lipinski definition) is 6. The van der Waals surface area contributed by atoms with Crippen molar-refractivity contribution in [3.05, 3.63) is 53.2 Å². The predicted molar refractivity (Wildman–Crippen MR) is 99.2 cm³/mol. The van der Waals surface area contributed by atoms with Crippen molar-refractivity contribution in [2.45, 2.75) is 19.0 Å². The van der Waals surface area contributed by atoms with E-state index < -0.39 is 15.4 Å². The van der Waals surface area contributed by atoms with E-state index in [-0.39, 0.29) is 35.4 Å². The van der Waals surface area contributed by atoms with E-state index in [0.29, 0.717) is 17.8 Å². The number of fused-ring (bicyclic) bond motifs is 1. The third-order valence-corrected chi connectivity index (χ3v) is 6.26. The van der Waals surface area contributed by atoms with Crippen LogP contribution in [0.4, 0.5) is 5.69 Å². The molecule has 0 bridgehead atoms. The summed E-state index contributed by atoms with van der Waals surface area (Å²) in [6.45, 7) is -0.181. The minimum absolute atomic E-state index is 0.00593. The minimum Gasteiger partial charge on any atom is -0.325 e. The largest absolute Gasteiger partial charge is 0.325 e. The highest BCUT2D eigenvalue weighted by atomic mass is 32.2. The molecule has 9 nitrogen and oxygen atoms in total. The minimum atomic E-state index is -3.08. The maximum absolute atomic E-state index is 12.6. The summed E-state index contributed by atoms with van der Waals surface area (Å²) in [4.78, 5) is 29.1. The fraction of sp³-hybridized carbons (Fsp3) is 0.294. The number of carbonyl (C=O) groups is 1. The Kier molecular flexibility index (Phi) is 4.27. The van der Waals surface area contributed by atoms with Crippen molar-refractivity contribution in [1.82, 2.24) is 19.3 Å². The third kappa shape index (κ3) is 3.47. The van der Waals surface area contributed by atoms with Gasteiger partial charge in [-0.25, -0.2) is 18.1 Å². The van der Waals surface area contributed by atoms with Gasteiger partial charge in [-0.1, -0.05) is 18.2 Å². The van der Waals surface area contributed by atoms with E-state index in [1.807, 2.05) is 6.07 Å². The average Bonchev–Trinajstić information content (AvgIpc) is 3.21. The van der Waals surface area contributed by atoms with Crippen LogP contribution in [-0.2, 0) is 21.2 Å². The van der Waals surface area contributed by atoms with Crippen LogP contribution in [-0.4, -0.2) is 45.2 Å². The first-order valence-electron chi connectivity index (χ1n) is 8.41. The number of carbonyl (C=O) groups excluding carboxylic acids is 1. The zero-order valence-corrected chi connectivity index (χ0v) is 15.1. The van der Waals surface area contributed by atoms with Crippen LogP contribution in [0.15, 0.2) is 47.7 Å². The number of benzene rings is 1. The number of aromatic nitrogens is 4. The van der Waals surface area contributed by atoms with E-state index in [0.717, 1.165) is 0 Å². The molecule has 1 fully saturated rings. The second-order valence-corrected chi connectivity index (χ2v) is 8.70. The molecule has 1 amide bonds. The van der Waals surface area contributed by atoms with Gasteiger partial charge in [-0.05, 0) is 18.6 Å². The molecule has 0 saturated carbocycles. The normalized spacial score (nSPS) is 18.6. The van der Waals surface area contributed by atoms with Crippen LogP contribution in [0.1, 0.15) is 12.5 Å². The summed E-state index contributed by atoms with van der Waals surface area (Å²) in [5, 5.41) is 7.14. The van der Waals surface area contributed by atoms with Crippen LogP contribution < -0.4 is 10.9 Å². The molecule has 1 aromatic carbocycles. The topological polar surface area (TPSA) is 116 Å². The van der Waals surface area contributed by atoms with Gasteiger partial charge in [-0.3, -0.25) is 14.2 Å². The van der Waals surface area contributed by atoms with Crippen molar-refractivity contribution in [2.75, 3.05) is 16.8 Å². The molecule has 1 unspecified atom stereocenters. The number of nitrogens with one attached hydrogen (secondary N) is 1. The molecule has 10 heteroatoms. The highest BCUT2D eigenvalue weighted by Crippen LogP contribution is 2.25. The number of nitrogens with zero attached hydrogens (tertiary/aromatic N) is 4. The van der Waals surface area contributed by atoms with Gasteiger partial charge >= 0.3 is 0 Å². The van der Waals surface area contributed by atoms with Crippen molar-refractivity contribution < 1.29 is 13.2 Å². The average molecular weight is 387 g/mol. The Bertz CT molecular complexity index is 1170. The van der Waals surface area contributed by atoms with E-state index in [4.69, 9.17) is 0 Å².